The summed E-state index contributed by atoms with van der Waals surface area (Å²) in [6.45, 7) is 0. The van der Waals surface area contributed by atoms with Crippen molar-refractivity contribution >= 4 is 43.2 Å². The van der Waals surface area contributed by atoms with Gasteiger partial charge in [0.15, 0.2) is 0 Å². The van der Waals surface area contributed by atoms with Crippen LogP contribution >= 0.6 is 11.3 Å². The number of fused-ring (bicyclic) bond motifs is 16. The average Bonchev–Trinajstić information content (AvgIpc) is 4.08. The Kier molecular flexibility index (Phi) is 7.79. The number of benzene rings is 10. The van der Waals surface area contributed by atoms with Gasteiger partial charge in [-0.15, -0.1) is 11.3 Å². The Morgan fingerprint density at radius 2 is 0.785 bits per heavy atom. The van der Waals surface area contributed by atoms with Gasteiger partial charge in [-0.05, 0) is 124 Å². The fourth-order valence-electron chi connectivity index (χ4n) is 12.3. The zero-order valence-corrected chi connectivity index (χ0v) is 36.3. The summed E-state index contributed by atoms with van der Waals surface area (Å²) in [5.41, 5.74) is 22.2. The molecule has 1 heteroatoms. The molecule has 3 aliphatic carbocycles. The summed E-state index contributed by atoms with van der Waals surface area (Å²) in [5, 5.41) is 2.63. The molecule has 0 bridgehead atoms. The maximum absolute atomic E-state index is 2.51. The van der Waals surface area contributed by atoms with E-state index in [2.05, 4.69) is 243 Å². The van der Waals surface area contributed by atoms with E-state index < -0.39 is 10.8 Å². The molecule has 11 aromatic rings. The Morgan fingerprint density at radius 3 is 1.40 bits per heavy atom. The highest BCUT2D eigenvalue weighted by molar-refractivity contribution is 7.25. The third-order valence-corrected chi connectivity index (χ3v) is 15.9. The topological polar surface area (TPSA) is 0 Å². The van der Waals surface area contributed by atoms with Crippen molar-refractivity contribution in [1.29, 1.82) is 0 Å². The van der Waals surface area contributed by atoms with E-state index in [1.165, 1.54) is 120 Å². The molecule has 1 heterocycles. The molecule has 0 nitrogen and oxygen atoms in total. The van der Waals surface area contributed by atoms with E-state index in [4.69, 9.17) is 0 Å². The van der Waals surface area contributed by atoms with Crippen LogP contribution in [0.2, 0.25) is 0 Å². The van der Waals surface area contributed by atoms with E-state index in [9.17, 15) is 0 Å². The number of hydrogen-bond donors (Lipinski definition) is 0. The van der Waals surface area contributed by atoms with Crippen LogP contribution in [0.1, 0.15) is 61.2 Å². The maximum atomic E-state index is 2.51. The van der Waals surface area contributed by atoms with E-state index in [0.29, 0.717) is 0 Å². The van der Waals surface area contributed by atoms with E-state index in [1.54, 1.807) is 0 Å². The molecule has 0 saturated carbocycles. The lowest BCUT2D eigenvalue weighted by molar-refractivity contribution is 0.765. The van der Waals surface area contributed by atoms with Crippen LogP contribution in [0.3, 0.4) is 0 Å². The van der Waals surface area contributed by atoms with Crippen LogP contribution in [0.15, 0.2) is 237 Å². The van der Waals surface area contributed by atoms with Crippen LogP contribution in [0, 0.1) is 0 Å². The highest BCUT2D eigenvalue weighted by atomic mass is 32.1. The Bertz CT molecular complexity index is 3690. The molecular formula is C64H40S. The van der Waals surface area contributed by atoms with Crippen molar-refractivity contribution in [2.45, 2.75) is 10.8 Å². The van der Waals surface area contributed by atoms with Gasteiger partial charge in [0.05, 0.1) is 10.8 Å². The number of rotatable bonds is 5. The summed E-state index contributed by atoms with van der Waals surface area (Å²) in [7, 11) is 0. The number of hydrogen-bond acceptors (Lipinski definition) is 1. The normalized spacial score (nSPS) is 14.5. The standard InChI is InChI=1S/C64H40S/c1-2-18-43(19-3-1)63(54-27-11-4-20-44(54)45-21-5-12-28-55(45)63)56-29-13-8-24-48(56)52(38-41-34-36-51-50-26-10-17-33-61(50)65-62(51)39-41)42-35-37-60-53(40-42)49-25-9-16-32-59(49)64(60)57-30-14-6-22-46(57)47-23-7-15-31-58(47)64/h1-40H/b52-38+. The van der Waals surface area contributed by atoms with E-state index in [1.807, 2.05) is 11.3 Å². The molecule has 0 radical (unpaired) electrons. The molecule has 1 aromatic heterocycles. The van der Waals surface area contributed by atoms with Crippen LogP contribution in [0.5, 0.6) is 0 Å². The summed E-state index contributed by atoms with van der Waals surface area (Å²) in [4.78, 5) is 0. The first kappa shape index (κ1) is 36.6. The summed E-state index contributed by atoms with van der Waals surface area (Å²) in [6.07, 6.45) is 2.46. The summed E-state index contributed by atoms with van der Waals surface area (Å²) in [6, 6.07) is 89.2. The van der Waals surface area contributed by atoms with Gasteiger partial charge in [-0.1, -0.05) is 218 Å². The molecule has 0 saturated heterocycles. The molecule has 65 heavy (non-hydrogen) atoms. The summed E-state index contributed by atoms with van der Waals surface area (Å²) < 4.78 is 2.62. The first-order chi connectivity index (χ1) is 32.2. The quantitative estimate of drug-likeness (QED) is 0.151. The lowest BCUT2D eigenvalue weighted by Gasteiger charge is -2.36. The lowest BCUT2D eigenvalue weighted by atomic mass is 9.65. The SMILES string of the molecule is C(=C(/c1ccc2c(c1)-c1ccccc1C21c2ccccc2-c2ccccc21)c1ccccc1C1(c2ccccc2)c2ccccc2-c2ccccc21)/c1ccc2c(c1)sc1ccccc12. The molecule has 0 unspecified atom stereocenters. The minimum atomic E-state index is -0.565. The van der Waals surface area contributed by atoms with E-state index in [-0.39, 0.29) is 0 Å². The molecule has 1 spiro atoms. The molecule has 14 rings (SSSR count). The third kappa shape index (κ3) is 4.91. The van der Waals surface area contributed by atoms with Gasteiger partial charge in [0.25, 0.3) is 0 Å². The van der Waals surface area contributed by atoms with Crippen molar-refractivity contribution < 1.29 is 0 Å². The maximum Gasteiger partial charge on any atom is 0.0725 e. The fraction of sp³-hybridized carbons (Fsp3) is 0.0312. The van der Waals surface area contributed by atoms with Crippen molar-refractivity contribution in [1.82, 2.24) is 0 Å². The second-order valence-corrected chi connectivity index (χ2v) is 18.9. The Labute approximate surface area is 383 Å². The summed E-state index contributed by atoms with van der Waals surface area (Å²) >= 11 is 1.88. The predicted molar refractivity (Wildman–Crippen MR) is 273 cm³/mol. The largest absolute Gasteiger partial charge is 0.135 e. The van der Waals surface area contributed by atoms with Crippen molar-refractivity contribution in [2.75, 3.05) is 0 Å². The first-order valence-corrected chi connectivity index (χ1v) is 23.5. The van der Waals surface area contributed by atoms with E-state index >= 15 is 0 Å². The highest BCUT2D eigenvalue weighted by Crippen LogP contribution is 2.63. The van der Waals surface area contributed by atoms with Gasteiger partial charge in [0.2, 0.25) is 0 Å². The van der Waals surface area contributed by atoms with Crippen LogP contribution < -0.4 is 0 Å². The molecule has 3 aliphatic rings. The predicted octanol–water partition coefficient (Wildman–Crippen LogP) is 16.3. The summed E-state index contributed by atoms with van der Waals surface area (Å²) in [5.74, 6) is 0. The molecule has 0 amide bonds. The first-order valence-electron chi connectivity index (χ1n) is 22.7. The molecule has 0 atom stereocenters. The van der Waals surface area contributed by atoms with Crippen LogP contribution in [-0.4, -0.2) is 0 Å². The van der Waals surface area contributed by atoms with Gasteiger partial charge < -0.3 is 0 Å². The van der Waals surface area contributed by atoms with Crippen molar-refractivity contribution in [3.63, 3.8) is 0 Å². The Morgan fingerprint density at radius 1 is 0.323 bits per heavy atom. The van der Waals surface area contributed by atoms with Gasteiger partial charge in [0, 0.05) is 20.2 Å². The van der Waals surface area contributed by atoms with Gasteiger partial charge in [-0.3, -0.25) is 0 Å². The van der Waals surface area contributed by atoms with Crippen LogP contribution in [0.25, 0.3) is 65.2 Å². The van der Waals surface area contributed by atoms with Crippen molar-refractivity contribution in [3.05, 3.63) is 298 Å². The minimum Gasteiger partial charge on any atom is -0.135 e. The second kappa shape index (κ2) is 13.8. The molecule has 0 aliphatic heterocycles. The van der Waals surface area contributed by atoms with Crippen molar-refractivity contribution in [3.8, 4) is 33.4 Å². The second-order valence-electron chi connectivity index (χ2n) is 17.8. The molecule has 0 fully saturated rings. The molecule has 0 N–H and O–H groups in total. The molecular weight excluding hydrogens is 801 g/mol. The van der Waals surface area contributed by atoms with Gasteiger partial charge in [0.1, 0.15) is 0 Å². The van der Waals surface area contributed by atoms with Crippen molar-refractivity contribution in [2.24, 2.45) is 0 Å². The number of thiophene rings is 1. The zero-order valence-electron chi connectivity index (χ0n) is 35.5. The van der Waals surface area contributed by atoms with Crippen LogP contribution in [-0.2, 0) is 10.8 Å². The Hall–Kier alpha value is -7.84. The van der Waals surface area contributed by atoms with E-state index in [0.717, 1.165) is 0 Å². The van der Waals surface area contributed by atoms with Gasteiger partial charge in [-0.2, -0.15) is 0 Å². The zero-order chi connectivity index (χ0) is 42.7. The van der Waals surface area contributed by atoms with Gasteiger partial charge in [-0.25, -0.2) is 0 Å². The average molecular weight is 841 g/mol. The monoisotopic (exact) mass is 840 g/mol. The minimum absolute atomic E-state index is 0.403. The Balaban J connectivity index is 1.06. The smallest absolute Gasteiger partial charge is 0.0725 e. The molecule has 302 valence electrons. The van der Waals surface area contributed by atoms with Gasteiger partial charge >= 0.3 is 0 Å². The third-order valence-electron chi connectivity index (χ3n) is 14.8. The van der Waals surface area contributed by atoms with Crippen LogP contribution in [0.4, 0.5) is 0 Å². The lowest BCUT2D eigenvalue weighted by Crippen LogP contribution is -2.30. The molecule has 10 aromatic carbocycles. The fourth-order valence-corrected chi connectivity index (χ4v) is 13.5. The highest BCUT2D eigenvalue weighted by Gasteiger charge is 2.52.